The van der Waals surface area contributed by atoms with Crippen molar-refractivity contribution in [2.75, 3.05) is 6.61 Å². The summed E-state index contributed by atoms with van der Waals surface area (Å²) in [5, 5.41) is 14.5. The maximum absolute atomic E-state index is 10.1. The zero-order valence-electron chi connectivity index (χ0n) is 12.4. The van der Waals surface area contributed by atoms with Crippen LogP contribution < -0.4 is 0 Å². The van der Waals surface area contributed by atoms with Crippen molar-refractivity contribution < 1.29 is 9.84 Å². The van der Waals surface area contributed by atoms with E-state index in [0.717, 1.165) is 44.4 Å². The first-order chi connectivity index (χ1) is 9.08. The minimum atomic E-state index is -0.219. The number of ether oxygens (including phenoxy) is 1. The van der Waals surface area contributed by atoms with E-state index in [1.165, 1.54) is 17.7 Å². The third kappa shape index (κ3) is 3.80. The third-order valence-corrected chi connectivity index (χ3v) is 4.23. The van der Waals surface area contributed by atoms with Gasteiger partial charge in [0.05, 0.1) is 17.9 Å². The summed E-state index contributed by atoms with van der Waals surface area (Å²) in [5.74, 6) is 0. The van der Waals surface area contributed by atoms with Crippen LogP contribution in [0.5, 0.6) is 0 Å². The van der Waals surface area contributed by atoms with E-state index >= 15 is 0 Å². The van der Waals surface area contributed by atoms with Gasteiger partial charge in [-0.1, -0.05) is 0 Å². The first kappa shape index (κ1) is 14.5. The highest BCUT2D eigenvalue weighted by atomic mass is 16.5. The summed E-state index contributed by atoms with van der Waals surface area (Å²) in [6.45, 7) is 5.03. The lowest BCUT2D eigenvalue weighted by atomic mass is 10.0. The number of nitrogens with zero attached hydrogens (tertiary/aromatic N) is 2. The molecular weight excluding hydrogens is 240 g/mol. The highest BCUT2D eigenvalue weighted by Gasteiger charge is 2.17. The van der Waals surface area contributed by atoms with Crippen molar-refractivity contribution in [1.29, 1.82) is 0 Å². The van der Waals surface area contributed by atoms with Crippen LogP contribution in [0.1, 0.15) is 49.1 Å². The molecule has 0 spiro atoms. The van der Waals surface area contributed by atoms with Crippen LogP contribution in [0.3, 0.4) is 0 Å². The number of aliphatic hydroxyl groups excluding tert-OH is 1. The van der Waals surface area contributed by atoms with Crippen LogP contribution in [-0.4, -0.2) is 33.7 Å². The standard InChI is InChI=1S/C15H26N2O2/c1-11-15(12(2)17(3)16-11)9-7-13(18)6-8-14-5-4-10-19-14/h13-14,18H,4-10H2,1-3H3. The van der Waals surface area contributed by atoms with Gasteiger partial charge in [-0.25, -0.2) is 0 Å². The number of rotatable bonds is 6. The summed E-state index contributed by atoms with van der Waals surface area (Å²) in [6, 6.07) is 0. The van der Waals surface area contributed by atoms with Gasteiger partial charge < -0.3 is 9.84 Å². The van der Waals surface area contributed by atoms with Crippen LogP contribution in [0.4, 0.5) is 0 Å². The molecule has 4 nitrogen and oxygen atoms in total. The molecule has 1 saturated heterocycles. The second kappa shape index (κ2) is 6.53. The maximum atomic E-state index is 10.1. The molecule has 2 rings (SSSR count). The smallest absolute Gasteiger partial charge is 0.0628 e. The van der Waals surface area contributed by atoms with Gasteiger partial charge >= 0.3 is 0 Å². The van der Waals surface area contributed by atoms with E-state index in [9.17, 15) is 5.11 Å². The Labute approximate surface area is 115 Å². The number of aromatic nitrogens is 2. The lowest BCUT2D eigenvalue weighted by Gasteiger charge is -2.14. The number of aryl methyl sites for hydroxylation is 2. The molecule has 4 heteroatoms. The Hall–Kier alpha value is -0.870. The van der Waals surface area contributed by atoms with Crippen LogP contribution >= 0.6 is 0 Å². The summed E-state index contributed by atoms with van der Waals surface area (Å²) >= 11 is 0. The largest absolute Gasteiger partial charge is 0.393 e. The fourth-order valence-electron chi connectivity index (χ4n) is 2.88. The average Bonchev–Trinajstić information content (AvgIpc) is 2.96. The molecule has 1 N–H and O–H groups in total. The van der Waals surface area contributed by atoms with Gasteiger partial charge in [0.2, 0.25) is 0 Å². The van der Waals surface area contributed by atoms with Crippen LogP contribution in [0, 0.1) is 13.8 Å². The molecule has 1 aliphatic heterocycles. The molecule has 1 aromatic rings. The van der Waals surface area contributed by atoms with Crippen LogP contribution in [0.15, 0.2) is 0 Å². The molecule has 0 radical (unpaired) electrons. The lowest BCUT2D eigenvalue weighted by molar-refractivity contribution is 0.0790. The Morgan fingerprint density at radius 3 is 2.79 bits per heavy atom. The summed E-state index contributed by atoms with van der Waals surface area (Å²) < 4.78 is 7.50. The van der Waals surface area contributed by atoms with Gasteiger partial charge in [-0.2, -0.15) is 5.10 Å². The molecule has 1 aromatic heterocycles. The minimum Gasteiger partial charge on any atom is -0.393 e. The zero-order chi connectivity index (χ0) is 13.8. The molecule has 0 bridgehead atoms. The van der Waals surface area contributed by atoms with Crippen LogP contribution in [-0.2, 0) is 18.2 Å². The lowest BCUT2D eigenvalue weighted by Crippen LogP contribution is -2.13. The molecule has 0 saturated carbocycles. The Morgan fingerprint density at radius 1 is 1.42 bits per heavy atom. The molecule has 1 fully saturated rings. The first-order valence-corrected chi connectivity index (χ1v) is 7.36. The van der Waals surface area contributed by atoms with Crippen molar-refractivity contribution in [3.63, 3.8) is 0 Å². The zero-order valence-corrected chi connectivity index (χ0v) is 12.4. The van der Waals surface area contributed by atoms with E-state index in [2.05, 4.69) is 12.0 Å². The molecule has 0 aliphatic carbocycles. The highest BCUT2D eigenvalue weighted by Crippen LogP contribution is 2.20. The van der Waals surface area contributed by atoms with Crippen molar-refractivity contribution in [2.24, 2.45) is 7.05 Å². The van der Waals surface area contributed by atoms with Gasteiger partial charge in [0.25, 0.3) is 0 Å². The van der Waals surface area contributed by atoms with Gasteiger partial charge in [-0.3, -0.25) is 4.68 Å². The van der Waals surface area contributed by atoms with Gasteiger partial charge in [-0.05, 0) is 57.9 Å². The van der Waals surface area contributed by atoms with Crippen molar-refractivity contribution in [3.8, 4) is 0 Å². The van der Waals surface area contributed by atoms with E-state index in [1.807, 2.05) is 18.7 Å². The van der Waals surface area contributed by atoms with Gasteiger partial charge in [0.15, 0.2) is 0 Å². The number of aliphatic hydroxyl groups is 1. The molecule has 108 valence electrons. The van der Waals surface area contributed by atoms with E-state index < -0.39 is 0 Å². The monoisotopic (exact) mass is 266 g/mol. The molecular formula is C15H26N2O2. The molecule has 2 unspecified atom stereocenters. The fourth-order valence-corrected chi connectivity index (χ4v) is 2.88. The third-order valence-electron chi connectivity index (χ3n) is 4.23. The summed E-state index contributed by atoms with van der Waals surface area (Å²) in [5.41, 5.74) is 3.59. The fraction of sp³-hybridized carbons (Fsp3) is 0.800. The normalized spacial score (nSPS) is 20.9. The van der Waals surface area contributed by atoms with E-state index in [-0.39, 0.29) is 6.10 Å². The SMILES string of the molecule is Cc1nn(C)c(C)c1CCC(O)CCC1CCCO1. The van der Waals surface area contributed by atoms with E-state index in [1.54, 1.807) is 0 Å². The van der Waals surface area contributed by atoms with Crippen molar-refractivity contribution in [3.05, 3.63) is 17.0 Å². The van der Waals surface area contributed by atoms with Crippen LogP contribution in [0.25, 0.3) is 0 Å². The second-order valence-electron chi connectivity index (χ2n) is 5.68. The maximum Gasteiger partial charge on any atom is 0.0628 e. The second-order valence-corrected chi connectivity index (χ2v) is 5.68. The Bertz CT molecular complexity index is 409. The van der Waals surface area contributed by atoms with Crippen molar-refractivity contribution in [2.45, 2.75) is 64.6 Å². The molecule has 1 aliphatic rings. The Morgan fingerprint density at radius 2 is 2.21 bits per heavy atom. The highest BCUT2D eigenvalue weighted by molar-refractivity contribution is 5.24. The Balaban J connectivity index is 1.74. The average molecular weight is 266 g/mol. The minimum absolute atomic E-state index is 0.219. The van der Waals surface area contributed by atoms with Gasteiger partial charge in [0, 0.05) is 19.3 Å². The summed E-state index contributed by atoms with van der Waals surface area (Å²) in [6.07, 6.45) is 6.08. The molecule has 2 atom stereocenters. The predicted molar refractivity (Wildman–Crippen MR) is 75.2 cm³/mol. The topological polar surface area (TPSA) is 47.3 Å². The van der Waals surface area contributed by atoms with E-state index in [0.29, 0.717) is 6.10 Å². The summed E-state index contributed by atoms with van der Waals surface area (Å²) in [4.78, 5) is 0. The Kier molecular flexibility index (Phi) is 4.99. The summed E-state index contributed by atoms with van der Waals surface area (Å²) in [7, 11) is 1.97. The van der Waals surface area contributed by atoms with E-state index in [4.69, 9.17) is 4.74 Å². The van der Waals surface area contributed by atoms with Crippen molar-refractivity contribution >= 4 is 0 Å². The quantitative estimate of drug-likeness (QED) is 0.859. The molecule has 0 amide bonds. The molecule has 0 aromatic carbocycles. The van der Waals surface area contributed by atoms with Crippen LogP contribution in [0.2, 0.25) is 0 Å². The van der Waals surface area contributed by atoms with Gasteiger partial charge in [0.1, 0.15) is 0 Å². The number of hydrogen-bond acceptors (Lipinski definition) is 3. The molecule has 19 heavy (non-hydrogen) atoms. The van der Waals surface area contributed by atoms with Crippen molar-refractivity contribution in [1.82, 2.24) is 9.78 Å². The number of hydrogen-bond donors (Lipinski definition) is 1. The van der Waals surface area contributed by atoms with Gasteiger partial charge in [-0.15, -0.1) is 0 Å². The predicted octanol–water partition coefficient (Wildman–Crippen LogP) is 2.29. The first-order valence-electron chi connectivity index (χ1n) is 7.36. The molecule has 2 heterocycles.